The van der Waals surface area contributed by atoms with Crippen LogP contribution in [0, 0.1) is 0 Å². The van der Waals surface area contributed by atoms with Gasteiger partial charge in [0.1, 0.15) is 6.10 Å². The van der Waals surface area contributed by atoms with Crippen LogP contribution in [0.2, 0.25) is 0 Å². The standard InChI is InChI=1S/C10H11BrF2O3/c1-15-7-3-5(9(14)10(12)13)6(11)4-8(7)16-2/h3-4,9-10,14H,1-2H3. The van der Waals surface area contributed by atoms with Crippen LogP contribution in [0.25, 0.3) is 0 Å². The van der Waals surface area contributed by atoms with Crippen molar-refractivity contribution < 1.29 is 23.4 Å². The molecule has 6 heteroatoms. The molecule has 16 heavy (non-hydrogen) atoms. The van der Waals surface area contributed by atoms with E-state index < -0.39 is 12.5 Å². The predicted molar refractivity (Wildman–Crippen MR) is 58.2 cm³/mol. The van der Waals surface area contributed by atoms with Crippen LogP contribution in [0.3, 0.4) is 0 Å². The van der Waals surface area contributed by atoms with Gasteiger partial charge in [-0.2, -0.15) is 0 Å². The second-order valence-electron chi connectivity index (χ2n) is 3.01. The topological polar surface area (TPSA) is 38.7 Å². The summed E-state index contributed by atoms with van der Waals surface area (Å²) < 4.78 is 35.0. The average molecular weight is 297 g/mol. The Hall–Kier alpha value is -0.880. The minimum atomic E-state index is -2.85. The van der Waals surface area contributed by atoms with Crippen LogP contribution in [-0.2, 0) is 0 Å². The summed E-state index contributed by atoms with van der Waals surface area (Å²) in [5.74, 6) is 0.694. The number of halogens is 3. The first-order chi connectivity index (χ1) is 7.51. The molecule has 1 N–H and O–H groups in total. The van der Waals surface area contributed by atoms with Crippen LogP contribution in [-0.4, -0.2) is 25.8 Å². The fraction of sp³-hybridized carbons (Fsp3) is 0.400. The van der Waals surface area contributed by atoms with Gasteiger partial charge < -0.3 is 14.6 Å². The lowest BCUT2D eigenvalue weighted by molar-refractivity contribution is -0.00630. The van der Waals surface area contributed by atoms with E-state index in [1.165, 1.54) is 26.4 Å². The maximum atomic E-state index is 12.4. The maximum Gasteiger partial charge on any atom is 0.268 e. The Labute approximate surface area is 100 Å². The van der Waals surface area contributed by atoms with E-state index in [0.717, 1.165) is 0 Å². The number of benzene rings is 1. The van der Waals surface area contributed by atoms with Gasteiger partial charge in [-0.15, -0.1) is 0 Å². The van der Waals surface area contributed by atoms with Crippen LogP contribution >= 0.6 is 15.9 Å². The van der Waals surface area contributed by atoms with Crippen LogP contribution < -0.4 is 9.47 Å². The zero-order chi connectivity index (χ0) is 12.3. The van der Waals surface area contributed by atoms with E-state index >= 15 is 0 Å². The van der Waals surface area contributed by atoms with Crippen molar-refractivity contribution in [2.45, 2.75) is 12.5 Å². The lowest BCUT2D eigenvalue weighted by Gasteiger charge is -2.15. The van der Waals surface area contributed by atoms with E-state index in [0.29, 0.717) is 16.0 Å². The van der Waals surface area contributed by atoms with E-state index in [4.69, 9.17) is 9.47 Å². The third-order valence-corrected chi connectivity index (χ3v) is 2.75. The zero-order valence-corrected chi connectivity index (χ0v) is 10.3. The number of ether oxygens (including phenoxy) is 2. The molecular formula is C10H11BrF2O3. The number of alkyl halides is 2. The van der Waals surface area contributed by atoms with E-state index in [9.17, 15) is 13.9 Å². The lowest BCUT2D eigenvalue weighted by Crippen LogP contribution is -2.09. The van der Waals surface area contributed by atoms with Gasteiger partial charge in [0.25, 0.3) is 6.43 Å². The lowest BCUT2D eigenvalue weighted by atomic mass is 10.1. The molecule has 0 amide bonds. The SMILES string of the molecule is COc1cc(Br)c(C(O)C(F)F)cc1OC. The molecule has 0 saturated heterocycles. The third kappa shape index (κ3) is 2.62. The molecule has 1 rings (SSSR count). The Bertz CT molecular complexity index is 371. The highest BCUT2D eigenvalue weighted by Gasteiger charge is 2.23. The highest BCUT2D eigenvalue weighted by Crippen LogP contribution is 2.37. The van der Waals surface area contributed by atoms with Crippen molar-refractivity contribution >= 4 is 15.9 Å². The number of hydrogen-bond donors (Lipinski definition) is 1. The van der Waals surface area contributed by atoms with E-state index in [-0.39, 0.29) is 5.56 Å². The van der Waals surface area contributed by atoms with Crippen molar-refractivity contribution in [1.29, 1.82) is 0 Å². The number of methoxy groups -OCH3 is 2. The molecule has 0 spiro atoms. The Morgan fingerprint density at radius 2 is 1.69 bits per heavy atom. The second kappa shape index (κ2) is 5.45. The first-order valence-electron chi connectivity index (χ1n) is 4.39. The minimum absolute atomic E-state index is 0.0626. The molecule has 0 aliphatic rings. The Kier molecular flexibility index (Phi) is 4.49. The quantitative estimate of drug-likeness (QED) is 0.928. The van der Waals surface area contributed by atoms with Gasteiger partial charge in [0.2, 0.25) is 0 Å². The van der Waals surface area contributed by atoms with Crippen molar-refractivity contribution in [1.82, 2.24) is 0 Å². The Morgan fingerprint density at radius 1 is 1.19 bits per heavy atom. The highest BCUT2D eigenvalue weighted by molar-refractivity contribution is 9.10. The summed E-state index contributed by atoms with van der Waals surface area (Å²) in [6.45, 7) is 0. The molecule has 1 aromatic rings. The summed E-state index contributed by atoms with van der Waals surface area (Å²) in [5, 5.41) is 9.29. The number of rotatable bonds is 4. The maximum absolute atomic E-state index is 12.4. The Morgan fingerprint density at radius 3 is 2.12 bits per heavy atom. The molecule has 90 valence electrons. The molecule has 0 bridgehead atoms. The van der Waals surface area contributed by atoms with E-state index in [1.54, 1.807) is 0 Å². The molecule has 1 unspecified atom stereocenters. The summed E-state index contributed by atoms with van der Waals surface area (Å²) in [7, 11) is 2.83. The number of hydrogen-bond acceptors (Lipinski definition) is 3. The van der Waals surface area contributed by atoms with Gasteiger partial charge in [0.15, 0.2) is 11.5 Å². The van der Waals surface area contributed by atoms with Crippen LogP contribution in [0.4, 0.5) is 8.78 Å². The van der Waals surface area contributed by atoms with Crippen molar-refractivity contribution in [3.63, 3.8) is 0 Å². The van der Waals surface area contributed by atoms with Gasteiger partial charge in [0.05, 0.1) is 14.2 Å². The normalized spacial score (nSPS) is 12.7. The van der Waals surface area contributed by atoms with Gasteiger partial charge in [0, 0.05) is 10.0 Å². The smallest absolute Gasteiger partial charge is 0.268 e. The van der Waals surface area contributed by atoms with Crippen LogP contribution in [0.15, 0.2) is 16.6 Å². The fourth-order valence-corrected chi connectivity index (χ4v) is 1.79. The van der Waals surface area contributed by atoms with Gasteiger partial charge in [-0.3, -0.25) is 0 Å². The number of aliphatic hydroxyl groups is 1. The van der Waals surface area contributed by atoms with Crippen molar-refractivity contribution in [2.24, 2.45) is 0 Å². The van der Waals surface area contributed by atoms with E-state index in [1.807, 2.05) is 0 Å². The third-order valence-electron chi connectivity index (χ3n) is 2.06. The predicted octanol–water partition coefficient (Wildman–Crippen LogP) is 2.76. The van der Waals surface area contributed by atoms with Gasteiger partial charge in [-0.05, 0) is 12.1 Å². The minimum Gasteiger partial charge on any atom is -0.493 e. The molecule has 0 aliphatic carbocycles. The largest absolute Gasteiger partial charge is 0.493 e. The molecule has 0 radical (unpaired) electrons. The van der Waals surface area contributed by atoms with Gasteiger partial charge in [-0.25, -0.2) is 8.78 Å². The first kappa shape index (κ1) is 13.2. The average Bonchev–Trinajstić information content (AvgIpc) is 2.27. The van der Waals surface area contributed by atoms with Crippen molar-refractivity contribution in [2.75, 3.05) is 14.2 Å². The summed E-state index contributed by atoms with van der Waals surface area (Å²) in [6.07, 6.45) is -4.71. The van der Waals surface area contributed by atoms with Crippen LogP contribution in [0.1, 0.15) is 11.7 Å². The first-order valence-corrected chi connectivity index (χ1v) is 5.18. The molecule has 0 aromatic heterocycles. The van der Waals surface area contributed by atoms with Crippen molar-refractivity contribution in [3.8, 4) is 11.5 Å². The van der Waals surface area contributed by atoms with Crippen molar-refractivity contribution in [3.05, 3.63) is 22.2 Å². The number of aliphatic hydroxyl groups excluding tert-OH is 1. The fourth-order valence-electron chi connectivity index (χ4n) is 1.23. The Balaban J connectivity index is 3.21. The zero-order valence-electron chi connectivity index (χ0n) is 8.71. The van der Waals surface area contributed by atoms with Crippen LogP contribution in [0.5, 0.6) is 11.5 Å². The second-order valence-corrected chi connectivity index (χ2v) is 3.86. The molecule has 0 heterocycles. The molecule has 0 saturated carbocycles. The van der Waals surface area contributed by atoms with Gasteiger partial charge >= 0.3 is 0 Å². The molecule has 3 nitrogen and oxygen atoms in total. The summed E-state index contributed by atoms with van der Waals surface area (Å²) in [5.41, 5.74) is 0.0626. The molecule has 0 fully saturated rings. The van der Waals surface area contributed by atoms with E-state index in [2.05, 4.69) is 15.9 Å². The summed E-state index contributed by atoms with van der Waals surface area (Å²) in [6, 6.07) is 2.79. The molecule has 0 aliphatic heterocycles. The highest BCUT2D eigenvalue weighted by atomic mass is 79.9. The molecular weight excluding hydrogens is 286 g/mol. The summed E-state index contributed by atoms with van der Waals surface area (Å²) in [4.78, 5) is 0. The van der Waals surface area contributed by atoms with Gasteiger partial charge in [-0.1, -0.05) is 15.9 Å². The molecule has 1 atom stereocenters. The summed E-state index contributed by atoms with van der Waals surface area (Å²) >= 11 is 3.09. The monoisotopic (exact) mass is 296 g/mol. The molecule has 1 aromatic carbocycles.